The van der Waals surface area contributed by atoms with Crippen molar-refractivity contribution in [1.29, 1.82) is 0 Å². The number of nitrogens with one attached hydrogen (secondary N) is 1. The number of methoxy groups -OCH3 is 1. The first-order valence-corrected chi connectivity index (χ1v) is 13.6. The Labute approximate surface area is 234 Å². The number of hydrogen-bond acceptors (Lipinski definition) is 8. The maximum atomic E-state index is 13.6. The molecule has 4 rings (SSSR count). The van der Waals surface area contributed by atoms with Crippen LogP contribution >= 0.6 is 11.3 Å². The molecule has 1 N–H and O–H groups in total. The van der Waals surface area contributed by atoms with E-state index in [0.717, 1.165) is 49.1 Å². The van der Waals surface area contributed by atoms with Gasteiger partial charge in [-0.3, -0.25) is 15.0 Å². The molecular formula is C28H31F3N4O4S. The van der Waals surface area contributed by atoms with Crippen molar-refractivity contribution in [3.05, 3.63) is 85.8 Å². The van der Waals surface area contributed by atoms with Gasteiger partial charge >= 0.3 is 12.1 Å². The zero-order valence-electron chi connectivity index (χ0n) is 22.5. The molecule has 1 aromatic heterocycles. The van der Waals surface area contributed by atoms with Crippen LogP contribution < -0.4 is 5.32 Å². The Morgan fingerprint density at radius 2 is 1.85 bits per heavy atom. The van der Waals surface area contributed by atoms with Gasteiger partial charge in [-0.2, -0.15) is 13.2 Å². The first-order valence-electron chi connectivity index (χ1n) is 12.8. The Hall–Kier alpha value is -3.48. The zero-order chi connectivity index (χ0) is 29.0. The van der Waals surface area contributed by atoms with Crippen LogP contribution in [0, 0.1) is 10.1 Å². The number of nitro benzene ring substituents is 1. The Kier molecular flexibility index (Phi) is 9.12. The van der Waals surface area contributed by atoms with E-state index in [1.165, 1.54) is 25.3 Å². The van der Waals surface area contributed by atoms with Gasteiger partial charge in [0, 0.05) is 38.8 Å². The molecule has 0 amide bonds. The number of carbonyl (C=O) groups is 1. The summed E-state index contributed by atoms with van der Waals surface area (Å²) in [5.74, 6) is -1.19. The molecule has 1 atom stereocenters. The molecule has 8 nitrogen and oxygen atoms in total. The molecule has 0 radical (unpaired) electrons. The highest BCUT2D eigenvalue weighted by Gasteiger charge is 2.34. The molecule has 2 aromatic carbocycles. The average molecular weight is 577 g/mol. The first kappa shape index (κ1) is 29.5. The van der Waals surface area contributed by atoms with E-state index >= 15 is 0 Å². The molecule has 214 valence electrons. The second-order valence-electron chi connectivity index (χ2n) is 9.96. The summed E-state index contributed by atoms with van der Waals surface area (Å²) >= 11 is 1.05. The summed E-state index contributed by atoms with van der Waals surface area (Å²) in [6, 6.07) is 12.0. The predicted molar refractivity (Wildman–Crippen MR) is 148 cm³/mol. The van der Waals surface area contributed by atoms with Crippen molar-refractivity contribution < 1.29 is 27.6 Å². The molecule has 1 aliphatic heterocycles. The number of anilines is 2. The molecule has 0 aliphatic carbocycles. The number of likely N-dealkylation sites (N-methyl/N-ethyl adjacent to an activating group) is 1. The van der Waals surface area contributed by atoms with E-state index in [4.69, 9.17) is 4.74 Å². The van der Waals surface area contributed by atoms with Crippen LogP contribution in [0.2, 0.25) is 0 Å². The summed E-state index contributed by atoms with van der Waals surface area (Å²) < 4.78 is 45.8. The second kappa shape index (κ2) is 12.4. The highest BCUT2D eigenvalue weighted by molar-refractivity contribution is 7.18. The number of hydrogen-bond donors (Lipinski definition) is 1. The third kappa shape index (κ3) is 6.98. The number of alkyl halides is 3. The van der Waals surface area contributed by atoms with Gasteiger partial charge in [0.25, 0.3) is 5.69 Å². The number of nitrogens with zero attached hydrogens (tertiary/aromatic N) is 3. The summed E-state index contributed by atoms with van der Waals surface area (Å²) in [6.07, 6.45) is -4.37. The lowest BCUT2D eigenvalue weighted by Gasteiger charge is -2.32. The van der Waals surface area contributed by atoms with Gasteiger partial charge < -0.3 is 15.0 Å². The van der Waals surface area contributed by atoms with Crippen molar-refractivity contribution in [3.8, 4) is 0 Å². The topological polar surface area (TPSA) is 88.0 Å². The number of carbonyl (C=O) groups excluding carboxylic acids is 1. The number of esters is 1. The fourth-order valence-electron chi connectivity index (χ4n) is 4.87. The number of ether oxygens (including phenoxy) is 1. The lowest BCUT2D eigenvalue weighted by molar-refractivity contribution is -0.383. The molecule has 0 spiro atoms. The summed E-state index contributed by atoms with van der Waals surface area (Å²) in [5, 5.41) is 15.3. The highest BCUT2D eigenvalue weighted by atomic mass is 32.1. The zero-order valence-corrected chi connectivity index (χ0v) is 23.3. The van der Waals surface area contributed by atoms with Crippen LogP contribution in [0.5, 0.6) is 0 Å². The number of halogens is 3. The molecule has 1 saturated heterocycles. The van der Waals surface area contributed by atoms with E-state index in [9.17, 15) is 28.1 Å². The van der Waals surface area contributed by atoms with Crippen molar-refractivity contribution in [2.75, 3.05) is 45.7 Å². The van der Waals surface area contributed by atoms with Gasteiger partial charge in [-0.15, -0.1) is 11.3 Å². The maximum Gasteiger partial charge on any atom is 0.416 e. The fourth-order valence-corrected chi connectivity index (χ4v) is 5.89. The number of rotatable bonds is 9. The quantitative estimate of drug-likeness (QED) is 0.182. The molecule has 3 aromatic rings. The predicted octanol–water partition coefficient (Wildman–Crippen LogP) is 6.30. The lowest BCUT2D eigenvalue weighted by atomic mass is 9.90. The highest BCUT2D eigenvalue weighted by Crippen LogP contribution is 2.39. The molecule has 0 unspecified atom stereocenters. The number of piperazine rings is 1. The van der Waals surface area contributed by atoms with Crippen LogP contribution in [0.4, 0.5) is 29.5 Å². The molecule has 2 heterocycles. The number of thiophene rings is 1. The van der Waals surface area contributed by atoms with E-state index in [1.54, 1.807) is 31.2 Å². The Morgan fingerprint density at radius 3 is 2.50 bits per heavy atom. The van der Waals surface area contributed by atoms with Crippen LogP contribution in [0.25, 0.3) is 0 Å². The maximum absolute atomic E-state index is 13.6. The minimum absolute atomic E-state index is 0.121. The van der Waals surface area contributed by atoms with Gasteiger partial charge in [-0.25, -0.2) is 4.79 Å². The molecule has 0 saturated carbocycles. The third-order valence-corrected chi connectivity index (χ3v) is 8.09. The van der Waals surface area contributed by atoms with Crippen molar-refractivity contribution in [1.82, 2.24) is 9.80 Å². The Balaban J connectivity index is 1.62. The van der Waals surface area contributed by atoms with Gasteiger partial charge in [-0.05, 0) is 54.3 Å². The van der Waals surface area contributed by atoms with Crippen LogP contribution in [0.3, 0.4) is 0 Å². The standard InChI is InChI=1S/C28H31F3N4O4S/c1-18(21-6-4-5-7-22(21)28(29,30)31)14-20-16-25(40-26(20)27(36)39-3)32-23-15-19(8-9-24(23)35(37)38)17-34-12-10-33(2)11-13-34/h4-9,15-16,18,32H,10-14,17H2,1-3H3/t18-/m0/s1. The Morgan fingerprint density at radius 1 is 1.15 bits per heavy atom. The molecule has 1 fully saturated rings. The van der Waals surface area contributed by atoms with E-state index in [-0.39, 0.29) is 28.2 Å². The minimum atomic E-state index is -4.51. The largest absolute Gasteiger partial charge is 0.465 e. The number of nitro groups is 1. The van der Waals surface area contributed by atoms with Crippen molar-refractivity contribution in [3.63, 3.8) is 0 Å². The normalized spacial score (nSPS) is 15.6. The monoisotopic (exact) mass is 576 g/mol. The van der Waals surface area contributed by atoms with Crippen molar-refractivity contribution in [2.24, 2.45) is 0 Å². The molecule has 1 aliphatic rings. The third-order valence-electron chi connectivity index (χ3n) is 7.02. The smallest absolute Gasteiger partial charge is 0.416 e. The average Bonchev–Trinajstić information content (AvgIpc) is 3.30. The summed E-state index contributed by atoms with van der Waals surface area (Å²) in [5.41, 5.74) is 0.961. The van der Waals surface area contributed by atoms with E-state index in [0.29, 0.717) is 17.1 Å². The van der Waals surface area contributed by atoms with Gasteiger partial charge in [0.1, 0.15) is 10.6 Å². The summed E-state index contributed by atoms with van der Waals surface area (Å²) in [6.45, 7) is 5.98. The van der Waals surface area contributed by atoms with Crippen molar-refractivity contribution >= 4 is 33.7 Å². The second-order valence-corrected chi connectivity index (χ2v) is 11.0. The van der Waals surface area contributed by atoms with E-state index < -0.39 is 28.6 Å². The van der Waals surface area contributed by atoms with Crippen LogP contribution in [-0.2, 0) is 23.9 Å². The van der Waals surface area contributed by atoms with Crippen LogP contribution in [0.1, 0.15) is 44.8 Å². The summed E-state index contributed by atoms with van der Waals surface area (Å²) in [4.78, 5) is 28.6. The van der Waals surface area contributed by atoms with Gasteiger partial charge in [-0.1, -0.05) is 31.2 Å². The van der Waals surface area contributed by atoms with Gasteiger partial charge in [0.15, 0.2) is 0 Å². The fraction of sp³-hybridized carbons (Fsp3) is 0.393. The van der Waals surface area contributed by atoms with Gasteiger partial charge in [0.2, 0.25) is 0 Å². The SMILES string of the molecule is COC(=O)c1sc(Nc2cc(CN3CCN(C)CC3)ccc2[N+](=O)[O-])cc1C[C@H](C)c1ccccc1C(F)(F)F. The molecule has 40 heavy (non-hydrogen) atoms. The van der Waals surface area contributed by atoms with Gasteiger partial charge in [0.05, 0.1) is 22.6 Å². The van der Waals surface area contributed by atoms with Crippen molar-refractivity contribution in [2.45, 2.75) is 32.0 Å². The van der Waals surface area contributed by atoms with Crippen LogP contribution in [-0.4, -0.2) is 61.0 Å². The number of benzene rings is 2. The van der Waals surface area contributed by atoms with Crippen LogP contribution in [0.15, 0.2) is 48.5 Å². The molecular weight excluding hydrogens is 545 g/mol. The molecule has 12 heteroatoms. The lowest BCUT2D eigenvalue weighted by Crippen LogP contribution is -2.43. The molecule has 0 bridgehead atoms. The summed E-state index contributed by atoms with van der Waals surface area (Å²) in [7, 11) is 3.30. The minimum Gasteiger partial charge on any atom is -0.465 e. The first-order chi connectivity index (χ1) is 19.0. The Bertz CT molecular complexity index is 1370. The van der Waals surface area contributed by atoms with E-state index in [2.05, 4.69) is 22.2 Å². The van der Waals surface area contributed by atoms with E-state index in [1.807, 2.05) is 0 Å².